The van der Waals surface area contributed by atoms with E-state index in [-0.39, 0.29) is 37.0 Å². The van der Waals surface area contributed by atoms with Gasteiger partial charge in [-0.05, 0) is 41.4 Å². The van der Waals surface area contributed by atoms with Crippen LogP contribution in [0.5, 0.6) is 5.75 Å². The van der Waals surface area contributed by atoms with Crippen molar-refractivity contribution >= 4 is 42.4 Å². The fourth-order valence-electron chi connectivity index (χ4n) is 3.72. The van der Waals surface area contributed by atoms with Gasteiger partial charge in [-0.25, -0.2) is 9.69 Å². The Morgan fingerprint density at radius 3 is 2.54 bits per heavy atom. The fraction of sp³-hybridized carbons (Fsp3) is 0.400. The summed E-state index contributed by atoms with van der Waals surface area (Å²) in [5.41, 5.74) is 1.65. The molecule has 0 unspecified atom stereocenters. The number of hydrogen-bond donors (Lipinski definition) is 1. The van der Waals surface area contributed by atoms with Crippen LogP contribution in [-0.2, 0) is 16.1 Å². The van der Waals surface area contributed by atoms with Gasteiger partial charge in [0.2, 0.25) is 6.41 Å². The van der Waals surface area contributed by atoms with Crippen molar-refractivity contribution in [2.24, 2.45) is 0 Å². The molecule has 2 aromatic rings. The molecule has 0 saturated heterocycles. The van der Waals surface area contributed by atoms with E-state index in [1.807, 2.05) is 0 Å². The second kappa shape index (κ2) is 12.6. The molecule has 0 aromatic heterocycles. The Bertz CT molecular complexity index is 1110. The average Bonchev–Trinajstić information content (AvgIpc) is 3.12. The smallest absolute Gasteiger partial charge is 0.387 e. The van der Waals surface area contributed by atoms with Gasteiger partial charge in [0.15, 0.2) is 0 Å². The van der Waals surface area contributed by atoms with Crippen LogP contribution in [0.25, 0.3) is 0 Å². The predicted octanol–water partition coefficient (Wildman–Crippen LogP) is 5.23. The quantitative estimate of drug-likeness (QED) is 0.157. The molecule has 0 aliphatic carbocycles. The van der Waals surface area contributed by atoms with Gasteiger partial charge in [-0.3, -0.25) is 9.59 Å². The van der Waals surface area contributed by atoms with Crippen LogP contribution < -0.4 is 10.1 Å². The third-order valence-corrected chi connectivity index (χ3v) is 8.01. The molecule has 2 aromatic carbocycles. The summed E-state index contributed by atoms with van der Waals surface area (Å²) in [6.07, 6.45) is 0.407. The second-order valence-electron chi connectivity index (χ2n) is 9.86. The van der Waals surface area contributed by atoms with Crippen molar-refractivity contribution in [3.63, 3.8) is 0 Å². The Morgan fingerprint density at radius 2 is 1.92 bits per heavy atom. The van der Waals surface area contributed by atoms with E-state index in [4.69, 9.17) is 4.74 Å². The van der Waals surface area contributed by atoms with E-state index in [9.17, 15) is 23.2 Å². The second-order valence-corrected chi connectivity index (χ2v) is 16.4. The van der Waals surface area contributed by atoms with Gasteiger partial charge in [0, 0.05) is 37.8 Å². The third-order valence-electron chi connectivity index (χ3n) is 5.77. The fourth-order valence-corrected chi connectivity index (χ4v) is 4.74. The molecular weight excluding hydrogens is 568 g/mol. The molecule has 8 nitrogen and oxygen atoms in total. The molecule has 1 atom stereocenters. The minimum atomic E-state index is -3.00. The van der Waals surface area contributed by atoms with Gasteiger partial charge in [-0.15, -0.1) is 0 Å². The molecule has 3 rings (SSSR count). The predicted molar refractivity (Wildman–Crippen MR) is 140 cm³/mol. The number of fused-ring (bicyclic) bond motifs is 1. The molecule has 0 fully saturated rings. The number of carbonyl (C=O) groups excluding carboxylic acids is 3. The van der Waals surface area contributed by atoms with Crippen molar-refractivity contribution in [3.05, 3.63) is 63.6 Å². The first-order valence-corrected chi connectivity index (χ1v) is 16.2. The molecule has 0 spiro atoms. The molecule has 1 aliphatic rings. The Hall–Kier alpha value is -2.83. The number of hydrogen-bond acceptors (Lipinski definition) is 5. The lowest BCUT2D eigenvalue weighted by Crippen LogP contribution is -2.45. The lowest BCUT2D eigenvalue weighted by molar-refractivity contribution is -0.119. The zero-order valence-corrected chi connectivity index (χ0v) is 23.5. The van der Waals surface area contributed by atoms with E-state index < -0.39 is 26.8 Å². The highest BCUT2D eigenvalue weighted by Gasteiger charge is 2.31. The summed E-state index contributed by atoms with van der Waals surface area (Å²) in [6.45, 7) is 4.20. The van der Waals surface area contributed by atoms with Crippen molar-refractivity contribution in [3.8, 4) is 5.75 Å². The molecule has 1 aliphatic heterocycles. The van der Waals surface area contributed by atoms with Gasteiger partial charge in [0.1, 0.15) is 12.5 Å². The zero-order chi connectivity index (χ0) is 27.2. The van der Waals surface area contributed by atoms with E-state index in [0.717, 1.165) is 15.4 Å². The molecule has 0 saturated carbocycles. The Labute approximate surface area is 224 Å². The van der Waals surface area contributed by atoms with Gasteiger partial charge >= 0.3 is 12.6 Å². The third kappa shape index (κ3) is 8.34. The number of benzene rings is 2. The maximum atomic E-state index is 13.1. The summed E-state index contributed by atoms with van der Waals surface area (Å²) in [4.78, 5) is 40.0. The largest absolute Gasteiger partial charge is 0.435 e. The normalized spacial score (nSPS) is 13.9. The van der Waals surface area contributed by atoms with Gasteiger partial charge in [0.25, 0.3) is 5.91 Å². The maximum absolute atomic E-state index is 13.1. The lowest BCUT2D eigenvalue weighted by atomic mass is 10.1. The van der Waals surface area contributed by atoms with E-state index in [1.165, 1.54) is 17.0 Å². The van der Waals surface area contributed by atoms with Crippen LogP contribution >= 0.6 is 15.9 Å². The van der Waals surface area contributed by atoms with Crippen molar-refractivity contribution in [2.45, 2.75) is 44.9 Å². The minimum Gasteiger partial charge on any atom is -0.435 e. The minimum absolute atomic E-state index is 0.0924. The Balaban J connectivity index is 1.72. The number of nitrogens with zero attached hydrogens (tertiary/aromatic N) is 2. The standard InChI is InChI=1S/C25H30BrF2N3O5Si/c1-37(2,3)11-10-35-16-31(15-32)25(34)29-22(17-4-7-19(26)8-5-17)14-30-13-18-6-9-20(36-24(27)28)12-21(18)23(30)33/h4-9,12,15,22,24H,10-11,13-14,16H2,1-3H3,(H,29,34)/t22-/m0/s1. The van der Waals surface area contributed by atoms with Crippen LogP contribution in [0.3, 0.4) is 0 Å². The van der Waals surface area contributed by atoms with Crippen molar-refractivity contribution in [1.29, 1.82) is 0 Å². The Kier molecular flexibility index (Phi) is 9.79. The van der Waals surface area contributed by atoms with Crippen LogP contribution in [0.15, 0.2) is 46.9 Å². The molecule has 1 heterocycles. The van der Waals surface area contributed by atoms with Gasteiger partial charge in [-0.2, -0.15) is 8.78 Å². The van der Waals surface area contributed by atoms with Crippen LogP contribution in [0.4, 0.5) is 13.6 Å². The molecule has 0 bridgehead atoms. The number of imide groups is 1. The number of halogens is 3. The SMILES string of the molecule is C[Si](C)(C)CCOCN(C=O)C(=O)N[C@@H](CN1Cc2ccc(OC(F)F)cc2C1=O)c1ccc(Br)cc1. The molecule has 37 heavy (non-hydrogen) atoms. The van der Waals surface area contributed by atoms with E-state index in [1.54, 1.807) is 30.3 Å². The van der Waals surface area contributed by atoms with Crippen LogP contribution in [0.2, 0.25) is 25.7 Å². The highest BCUT2D eigenvalue weighted by Crippen LogP contribution is 2.29. The number of urea groups is 1. The molecule has 12 heteroatoms. The lowest BCUT2D eigenvalue weighted by Gasteiger charge is -2.27. The summed E-state index contributed by atoms with van der Waals surface area (Å²) < 4.78 is 36.0. The van der Waals surface area contributed by atoms with Crippen LogP contribution in [-0.4, -0.2) is 62.7 Å². The number of carbonyl (C=O) groups is 3. The number of amides is 4. The summed E-state index contributed by atoms with van der Waals surface area (Å²) in [5.74, 6) is -0.467. The highest BCUT2D eigenvalue weighted by atomic mass is 79.9. The average molecular weight is 599 g/mol. The first kappa shape index (κ1) is 28.7. The van der Waals surface area contributed by atoms with Crippen LogP contribution in [0, 0.1) is 0 Å². The van der Waals surface area contributed by atoms with Crippen molar-refractivity contribution in [1.82, 2.24) is 15.1 Å². The number of alkyl halides is 2. The van der Waals surface area contributed by atoms with Crippen LogP contribution in [0.1, 0.15) is 27.5 Å². The topological polar surface area (TPSA) is 88.2 Å². The summed E-state index contributed by atoms with van der Waals surface area (Å²) in [6, 6.07) is 11.0. The molecule has 0 radical (unpaired) electrons. The highest BCUT2D eigenvalue weighted by molar-refractivity contribution is 9.10. The van der Waals surface area contributed by atoms with E-state index in [0.29, 0.717) is 24.1 Å². The monoisotopic (exact) mass is 597 g/mol. The molecule has 200 valence electrons. The molecule has 1 N–H and O–H groups in total. The first-order valence-electron chi connectivity index (χ1n) is 11.7. The van der Waals surface area contributed by atoms with E-state index >= 15 is 0 Å². The van der Waals surface area contributed by atoms with Gasteiger partial charge in [0.05, 0.1) is 6.04 Å². The Morgan fingerprint density at radius 1 is 1.22 bits per heavy atom. The maximum Gasteiger partial charge on any atom is 0.387 e. The van der Waals surface area contributed by atoms with Gasteiger partial charge < -0.3 is 19.7 Å². The zero-order valence-electron chi connectivity index (χ0n) is 20.9. The number of nitrogens with one attached hydrogen (secondary N) is 1. The first-order chi connectivity index (χ1) is 17.5. The van der Waals surface area contributed by atoms with Gasteiger partial charge in [-0.1, -0.05) is 53.8 Å². The summed E-state index contributed by atoms with van der Waals surface area (Å²) in [5, 5.41) is 2.82. The molecule has 4 amide bonds. The summed E-state index contributed by atoms with van der Waals surface area (Å²) >= 11 is 3.38. The van der Waals surface area contributed by atoms with Crippen molar-refractivity contribution in [2.75, 3.05) is 19.9 Å². The number of rotatable bonds is 12. The number of ether oxygens (including phenoxy) is 2. The molecular formula is C25H30BrF2N3O5Si. The van der Waals surface area contributed by atoms with E-state index in [2.05, 4.69) is 45.6 Å². The van der Waals surface area contributed by atoms with Crippen molar-refractivity contribution < 1.29 is 32.6 Å². The summed E-state index contributed by atoms with van der Waals surface area (Å²) in [7, 11) is -1.33.